The number of nitrogens with two attached hydrogens (primary N) is 1. The Bertz CT molecular complexity index is 569. The molecule has 0 saturated heterocycles. The number of thiazole rings is 1. The summed E-state index contributed by atoms with van der Waals surface area (Å²) >= 11 is 1.65. The number of hydrogen-bond donors (Lipinski definition) is 1. The van der Waals surface area contributed by atoms with Crippen LogP contribution in [0.15, 0.2) is 24.4 Å². The average Bonchev–Trinajstić information content (AvgIpc) is 2.90. The van der Waals surface area contributed by atoms with Crippen LogP contribution in [-0.2, 0) is 13.0 Å². The summed E-state index contributed by atoms with van der Waals surface area (Å²) in [6, 6.07) is 5.96. The van der Waals surface area contributed by atoms with Crippen LogP contribution >= 0.6 is 11.3 Å². The molecule has 0 unspecified atom stereocenters. The summed E-state index contributed by atoms with van der Waals surface area (Å²) < 4.78 is 11.6. The molecule has 0 amide bonds. The van der Waals surface area contributed by atoms with Gasteiger partial charge < -0.3 is 15.2 Å². The van der Waals surface area contributed by atoms with Gasteiger partial charge in [-0.05, 0) is 37.9 Å². The van der Waals surface area contributed by atoms with Crippen molar-refractivity contribution in [2.45, 2.75) is 33.3 Å². The maximum atomic E-state index is 5.94. The molecule has 5 heteroatoms. The molecular weight excluding hydrogens is 284 g/mol. The second-order valence-corrected chi connectivity index (χ2v) is 6.11. The Kier molecular flexibility index (Phi) is 6.02. The van der Waals surface area contributed by atoms with Gasteiger partial charge in [0.15, 0.2) is 0 Å². The minimum atomic E-state index is 0.528. The smallest absolute Gasteiger partial charge is 0.126 e. The van der Waals surface area contributed by atoms with Crippen LogP contribution in [0.3, 0.4) is 0 Å². The van der Waals surface area contributed by atoms with Crippen molar-refractivity contribution in [3.8, 4) is 11.5 Å². The minimum absolute atomic E-state index is 0.528. The summed E-state index contributed by atoms with van der Waals surface area (Å²) in [5.74, 6) is 1.69. The molecule has 1 aromatic heterocycles. The Balaban J connectivity index is 2.09. The molecule has 0 bridgehead atoms. The molecule has 0 saturated carbocycles. The lowest BCUT2D eigenvalue weighted by Gasteiger charge is -2.13. The molecule has 2 rings (SSSR count). The molecule has 21 heavy (non-hydrogen) atoms. The quantitative estimate of drug-likeness (QED) is 0.813. The number of aryl methyl sites for hydroxylation is 1. The van der Waals surface area contributed by atoms with E-state index >= 15 is 0 Å². The number of aromatic nitrogens is 1. The third-order valence-corrected chi connectivity index (χ3v) is 3.85. The average molecular weight is 306 g/mol. The maximum absolute atomic E-state index is 5.94. The molecular formula is C16H22N2O2S. The first kappa shape index (κ1) is 15.8. The van der Waals surface area contributed by atoms with Crippen LogP contribution in [0.4, 0.5) is 0 Å². The number of ether oxygens (including phenoxy) is 2. The van der Waals surface area contributed by atoms with E-state index in [2.05, 4.69) is 11.9 Å². The van der Waals surface area contributed by atoms with Gasteiger partial charge in [-0.2, -0.15) is 0 Å². The van der Waals surface area contributed by atoms with Gasteiger partial charge in [-0.25, -0.2) is 4.98 Å². The Hall–Kier alpha value is -1.59. The van der Waals surface area contributed by atoms with Gasteiger partial charge in [-0.1, -0.05) is 13.0 Å². The molecule has 0 spiro atoms. The fourth-order valence-electron chi connectivity index (χ4n) is 1.96. The van der Waals surface area contributed by atoms with Crippen LogP contribution in [0.5, 0.6) is 11.5 Å². The highest BCUT2D eigenvalue weighted by atomic mass is 32.1. The third-order valence-electron chi connectivity index (χ3n) is 2.96. The van der Waals surface area contributed by atoms with Crippen molar-refractivity contribution in [1.82, 2.24) is 4.98 Å². The van der Waals surface area contributed by atoms with Gasteiger partial charge in [0.1, 0.15) is 18.1 Å². The van der Waals surface area contributed by atoms with Crippen LogP contribution in [0.25, 0.3) is 0 Å². The topological polar surface area (TPSA) is 57.4 Å². The van der Waals surface area contributed by atoms with E-state index in [-0.39, 0.29) is 0 Å². The molecule has 2 aromatic rings. The first-order valence-electron chi connectivity index (χ1n) is 7.22. The lowest BCUT2D eigenvalue weighted by Crippen LogP contribution is -2.06. The van der Waals surface area contributed by atoms with E-state index < -0.39 is 0 Å². The summed E-state index contributed by atoms with van der Waals surface area (Å²) in [5.41, 5.74) is 6.78. The Morgan fingerprint density at radius 1 is 1.29 bits per heavy atom. The first-order valence-corrected chi connectivity index (χ1v) is 8.04. The van der Waals surface area contributed by atoms with Crippen molar-refractivity contribution in [3.63, 3.8) is 0 Å². The molecule has 0 aliphatic heterocycles. The number of rotatable bonds is 8. The standard InChI is InChI=1S/C16H22N2O2S/c1-3-8-19-14-5-4-13(6-7-17)16(9-14)20-11-15-10-18-12(2)21-15/h4-5,9-10H,3,6-8,11,17H2,1-2H3. The lowest BCUT2D eigenvalue weighted by atomic mass is 10.1. The normalized spacial score (nSPS) is 10.6. The van der Waals surface area contributed by atoms with Crippen LogP contribution in [0.2, 0.25) is 0 Å². The van der Waals surface area contributed by atoms with Crippen LogP contribution in [0.1, 0.15) is 28.8 Å². The number of benzene rings is 1. The monoisotopic (exact) mass is 306 g/mol. The van der Waals surface area contributed by atoms with E-state index in [0.29, 0.717) is 19.8 Å². The van der Waals surface area contributed by atoms with Crippen molar-refractivity contribution < 1.29 is 9.47 Å². The number of nitrogens with zero attached hydrogens (tertiary/aromatic N) is 1. The van der Waals surface area contributed by atoms with Crippen molar-refractivity contribution >= 4 is 11.3 Å². The van der Waals surface area contributed by atoms with E-state index in [4.69, 9.17) is 15.2 Å². The maximum Gasteiger partial charge on any atom is 0.126 e. The molecule has 0 aliphatic carbocycles. The van der Waals surface area contributed by atoms with Crippen LogP contribution < -0.4 is 15.2 Å². The van der Waals surface area contributed by atoms with Gasteiger partial charge in [0.2, 0.25) is 0 Å². The molecule has 0 aliphatic rings. The zero-order valence-electron chi connectivity index (χ0n) is 12.6. The van der Waals surface area contributed by atoms with Gasteiger partial charge >= 0.3 is 0 Å². The highest BCUT2D eigenvalue weighted by molar-refractivity contribution is 7.11. The zero-order chi connectivity index (χ0) is 15.1. The van der Waals surface area contributed by atoms with E-state index in [1.807, 2.05) is 31.3 Å². The van der Waals surface area contributed by atoms with Gasteiger partial charge in [-0.15, -0.1) is 11.3 Å². The van der Waals surface area contributed by atoms with Crippen molar-refractivity contribution in [2.24, 2.45) is 5.73 Å². The Labute approximate surface area is 129 Å². The molecule has 0 atom stereocenters. The van der Waals surface area contributed by atoms with Gasteiger partial charge in [0, 0.05) is 12.3 Å². The van der Waals surface area contributed by atoms with Gasteiger partial charge in [0.05, 0.1) is 16.5 Å². The molecule has 0 radical (unpaired) electrons. The Morgan fingerprint density at radius 3 is 2.81 bits per heavy atom. The predicted octanol–water partition coefficient (Wildman–Crippen LogP) is 3.32. The summed E-state index contributed by atoms with van der Waals surface area (Å²) in [5, 5.41) is 1.05. The lowest BCUT2D eigenvalue weighted by molar-refractivity contribution is 0.294. The van der Waals surface area contributed by atoms with Crippen LogP contribution in [-0.4, -0.2) is 18.1 Å². The van der Waals surface area contributed by atoms with E-state index in [1.165, 1.54) is 0 Å². The largest absolute Gasteiger partial charge is 0.493 e. The highest BCUT2D eigenvalue weighted by Gasteiger charge is 2.07. The predicted molar refractivity (Wildman–Crippen MR) is 86.2 cm³/mol. The summed E-state index contributed by atoms with van der Waals surface area (Å²) in [4.78, 5) is 5.36. The summed E-state index contributed by atoms with van der Waals surface area (Å²) in [6.07, 6.45) is 3.64. The molecule has 1 heterocycles. The van der Waals surface area contributed by atoms with Gasteiger partial charge in [-0.3, -0.25) is 0 Å². The van der Waals surface area contributed by atoms with E-state index in [9.17, 15) is 0 Å². The molecule has 0 fully saturated rings. The Morgan fingerprint density at radius 2 is 2.14 bits per heavy atom. The van der Waals surface area contributed by atoms with Crippen molar-refractivity contribution in [1.29, 1.82) is 0 Å². The summed E-state index contributed by atoms with van der Waals surface area (Å²) in [6.45, 7) is 5.93. The summed E-state index contributed by atoms with van der Waals surface area (Å²) in [7, 11) is 0. The molecule has 4 nitrogen and oxygen atoms in total. The minimum Gasteiger partial charge on any atom is -0.493 e. The van der Waals surface area contributed by atoms with Gasteiger partial charge in [0.25, 0.3) is 0 Å². The molecule has 2 N–H and O–H groups in total. The highest BCUT2D eigenvalue weighted by Crippen LogP contribution is 2.27. The fourth-order valence-corrected chi connectivity index (χ4v) is 2.67. The SMILES string of the molecule is CCCOc1ccc(CCN)c(OCc2cnc(C)s2)c1. The van der Waals surface area contributed by atoms with E-state index in [1.54, 1.807) is 11.3 Å². The third kappa shape index (κ3) is 4.72. The zero-order valence-corrected chi connectivity index (χ0v) is 13.4. The molecule has 1 aromatic carbocycles. The van der Waals surface area contributed by atoms with Crippen LogP contribution in [0, 0.1) is 6.92 Å². The van der Waals surface area contributed by atoms with E-state index in [0.717, 1.165) is 39.8 Å². The van der Waals surface area contributed by atoms with Crippen molar-refractivity contribution in [2.75, 3.05) is 13.2 Å². The second-order valence-electron chi connectivity index (χ2n) is 4.79. The first-order chi connectivity index (χ1) is 10.2. The number of hydrogen-bond acceptors (Lipinski definition) is 5. The fraction of sp³-hybridized carbons (Fsp3) is 0.438. The van der Waals surface area contributed by atoms with Crippen molar-refractivity contribution in [3.05, 3.63) is 39.8 Å². The second kappa shape index (κ2) is 8.00. The molecule has 114 valence electrons.